The van der Waals surface area contributed by atoms with E-state index >= 15 is 0 Å². The Hall–Kier alpha value is -2.87. The zero-order valence-electron chi connectivity index (χ0n) is 15.7. The highest BCUT2D eigenvalue weighted by molar-refractivity contribution is 5.94. The van der Waals surface area contributed by atoms with Crippen molar-refractivity contribution in [2.45, 2.75) is 33.0 Å². The number of nitrogens with one attached hydrogen (secondary N) is 1. The van der Waals surface area contributed by atoms with Crippen molar-refractivity contribution in [3.63, 3.8) is 0 Å². The average molecular weight is 392 g/mol. The minimum atomic E-state index is -2.88. The number of hydrogen-bond acceptors (Lipinski definition) is 5. The number of halogens is 2. The van der Waals surface area contributed by atoms with Crippen LogP contribution in [0, 0.1) is 0 Å². The van der Waals surface area contributed by atoms with Crippen LogP contribution in [-0.4, -0.2) is 36.8 Å². The fourth-order valence-corrected chi connectivity index (χ4v) is 2.93. The Labute approximate surface area is 162 Å². The van der Waals surface area contributed by atoms with E-state index < -0.39 is 12.7 Å². The quantitative estimate of drug-likeness (QED) is 0.739. The third-order valence-electron chi connectivity index (χ3n) is 4.50. The van der Waals surface area contributed by atoms with Gasteiger partial charge < -0.3 is 19.5 Å². The Kier molecular flexibility index (Phi) is 6.30. The predicted molar refractivity (Wildman–Crippen MR) is 99.8 cm³/mol. The summed E-state index contributed by atoms with van der Waals surface area (Å²) in [6, 6.07) is 11.1. The predicted octanol–water partition coefficient (Wildman–Crippen LogP) is 3.87. The van der Waals surface area contributed by atoms with Crippen LogP contribution < -0.4 is 19.5 Å². The molecule has 0 radical (unpaired) electrons. The number of nitrogens with zero attached hydrogens (tertiary/aromatic N) is 1. The Balaban J connectivity index is 1.60. The summed E-state index contributed by atoms with van der Waals surface area (Å²) in [5.74, 6) is 1.28. The van der Waals surface area contributed by atoms with Gasteiger partial charge in [-0.25, -0.2) is 0 Å². The normalized spacial score (nSPS) is 13.6. The summed E-state index contributed by atoms with van der Waals surface area (Å²) in [6.45, 7) is 2.38. The van der Waals surface area contributed by atoms with Gasteiger partial charge in [-0.15, -0.1) is 0 Å². The van der Waals surface area contributed by atoms with Crippen LogP contribution in [0.1, 0.15) is 19.4 Å². The summed E-state index contributed by atoms with van der Waals surface area (Å²) in [5, 5.41) is 2.80. The molecule has 0 aliphatic carbocycles. The summed E-state index contributed by atoms with van der Waals surface area (Å²) in [5.41, 5.74) is 1.52. The summed E-state index contributed by atoms with van der Waals surface area (Å²) in [4.78, 5) is 14.6. The molecule has 1 aliphatic rings. The van der Waals surface area contributed by atoms with Gasteiger partial charge in [0.25, 0.3) is 0 Å². The summed E-state index contributed by atoms with van der Waals surface area (Å²) in [7, 11) is 0. The number of carbonyl (C=O) groups is 1. The van der Waals surface area contributed by atoms with E-state index in [1.807, 2.05) is 36.9 Å². The summed E-state index contributed by atoms with van der Waals surface area (Å²) >= 11 is 0. The van der Waals surface area contributed by atoms with Gasteiger partial charge in [0.05, 0.1) is 6.04 Å². The fourth-order valence-electron chi connectivity index (χ4n) is 2.93. The second kappa shape index (κ2) is 8.88. The van der Waals surface area contributed by atoms with E-state index in [1.54, 1.807) is 0 Å². The van der Waals surface area contributed by atoms with Crippen molar-refractivity contribution >= 4 is 11.6 Å². The van der Waals surface area contributed by atoms with Gasteiger partial charge in [0.1, 0.15) is 5.75 Å². The first-order valence-corrected chi connectivity index (χ1v) is 8.94. The van der Waals surface area contributed by atoms with E-state index in [9.17, 15) is 13.6 Å². The molecule has 1 aliphatic heterocycles. The smallest absolute Gasteiger partial charge is 0.387 e. The van der Waals surface area contributed by atoms with Crippen LogP contribution in [0.15, 0.2) is 42.5 Å². The SMILES string of the molecule is CCN(Cc1ccc2c(c1)OCO2)C(C)C(=O)Nc1ccc(OC(F)F)cc1. The first-order valence-electron chi connectivity index (χ1n) is 8.94. The second-order valence-electron chi connectivity index (χ2n) is 6.32. The minimum absolute atomic E-state index is 0.0408. The van der Waals surface area contributed by atoms with Crippen LogP contribution in [0.3, 0.4) is 0 Å². The number of benzene rings is 2. The van der Waals surface area contributed by atoms with Crippen LogP contribution >= 0.6 is 0 Å². The maximum atomic E-state index is 12.6. The van der Waals surface area contributed by atoms with Gasteiger partial charge in [0, 0.05) is 12.2 Å². The second-order valence-corrected chi connectivity index (χ2v) is 6.32. The van der Waals surface area contributed by atoms with Crippen molar-refractivity contribution in [3.8, 4) is 17.2 Å². The molecule has 8 heteroatoms. The van der Waals surface area contributed by atoms with Crippen molar-refractivity contribution in [2.24, 2.45) is 0 Å². The van der Waals surface area contributed by atoms with Crippen molar-refractivity contribution in [1.82, 2.24) is 4.90 Å². The maximum Gasteiger partial charge on any atom is 0.387 e. The number of anilines is 1. The molecule has 0 fully saturated rings. The van der Waals surface area contributed by atoms with Crippen LogP contribution in [-0.2, 0) is 11.3 Å². The Morgan fingerprint density at radius 1 is 1.18 bits per heavy atom. The highest BCUT2D eigenvalue weighted by Gasteiger charge is 2.22. The van der Waals surface area contributed by atoms with E-state index in [2.05, 4.69) is 10.1 Å². The lowest BCUT2D eigenvalue weighted by molar-refractivity contribution is -0.120. The highest BCUT2D eigenvalue weighted by Crippen LogP contribution is 2.33. The van der Waals surface area contributed by atoms with E-state index in [-0.39, 0.29) is 18.4 Å². The van der Waals surface area contributed by atoms with E-state index in [0.29, 0.717) is 24.5 Å². The molecule has 1 amide bonds. The van der Waals surface area contributed by atoms with Gasteiger partial charge in [-0.2, -0.15) is 8.78 Å². The summed E-state index contributed by atoms with van der Waals surface area (Å²) in [6.07, 6.45) is 0. The number of likely N-dealkylation sites (N-methyl/N-ethyl adjacent to an activating group) is 1. The third kappa shape index (κ3) is 4.89. The lowest BCUT2D eigenvalue weighted by Gasteiger charge is -2.27. The Morgan fingerprint density at radius 3 is 2.57 bits per heavy atom. The lowest BCUT2D eigenvalue weighted by atomic mass is 10.1. The first-order chi connectivity index (χ1) is 13.5. The standard InChI is InChI=1S/C20H22F2N2O4/c1-3-24(11-14-4-9-17-18(10-14)27-12-26-17)13(2)19(25)23-15-5-7-16(8-6-15)28-20(21)22/h4-10,13,20H,3,11-12H2,1-2H3,(H,23,25). The van der Waals surface area contributed by atoms with Crippen LogP contribution in [0.4, 0.5) is 14.5 Å². The molecule has 0 aromatic heterocycles. The Morgan fingerprint density at radius 2 is 1.89 bits per heavy atom. The van der Waals surface area contributed by atoms with Crippen LogP contribution in [0.2, 0.25) is 0 Å². The molecule has 0 bridgehead atoms. The van der Waals surface area contributed by atoms with Crippen LogP contribution in [0.5, 0.6) is 17.2 Å². The number of hydrogen-bond donors (Lipinski definition) is 1. The summed E-state index contributed by atoms with van der Waals surface area (Å²) < 4.78 is 39.4. The molecule has 1 N–H and O–H groups in total. The van der Waals surface area contributed by atoms with Crippen molar-refractivity contribution < 1.29 is 27.8 Å². The van der Waals surface area contributed by atoms with Gasteiger partial charge in [0.15, 0.2) is 11.5 Å². The molecule has 0 spiro atoms. The molecular formula is C20H22F2N2O4. The van der Waals surface area contributed by atoms with Gasteiger partial charge in [-0.3, -0.25) is 9.69 Å². The molecule has 1 unspecified atom stereocenters. The molecular weight excluding hydrogens is 370 g/mol. The fraction of sp³-hybridized carbons (Fsp3) is 0.350. The van der Waals surface area contributed by atoms with Crippen LogP contribution in [0.25, 0.3) is 0 Å². The number of fused-ring (bicyclic) bond motifs is 1. The number of amides is 1. The Bertz CT molecular complexity index is 814. The zero-order valence-corrected chi connectivity index (χ0v) is 15.7. The molecule has 2 aromatic rings. The van der Waals surface area contributed by atoms with Crippen molar-refractivity contribution in [2.75, 3.05) is 18.7 Å². The molecule has 150 valence electrons. The van der Waals surface area contributed by atoms with Gasteiger partial charge in [0.2, 0.25) is 12.7 Å². The molecule has 0 saturated carbocycles. The van der Waals surface area contributed by atoms with Gasteiger partial charge in [-0.05, 0) is 55.4 Å². The third-order valence-corrected chi connectivity index (χ3v) is 4.50. The maximum absolute atomic E-state index is 12.6. The van der Waals surface area contributed by atoms with E-state index in [1.165, 1.54) is 24.3 Å². The van der Waals surface area contributed by atoms with Crippen molar-refractivity contribution in [3.05, 3.63) is 48.0 Å². The number of alkyl halides is 2. The molecule has 3 rings (SSSR count). The molecule has 1 atom stereocenters. The average Bonchev–Trinajstić information content (AvgIpc) is 3.14. The number of ether oxygens (including phenoxy) is 3. The number of rotatable bonds is 8. The molecule has 1 heterocycles. The van der Waals surface area contributed by atoms with Gasteiger partial charge >= 0.3 is 6.61 Å². The zero-order chi connectivity index (χ0) is 20.1. The molecule has 2 aromatic carbocycles. The van der Waals surface area contributed by atoms with Gasteiger partial charge in [-0.1, -0.05) is 13.0 Å². The topological polar surface area (TPSA) is 60.0 Å². The lowest BCUT2D eigenvalue weighted by Crippen LogP contribution is -2.41. The van der Waals surface area contributed by atoms with E-state index in [4.69, 9.17) is 9.47 Å². The largest absolute Gasteiger partial charge is 0.454 e. The molecule has 0 saturated heterocycles. The monoisotopic (exact) mass is 392 g/mol. The minimum Gasteiger partial charge on any atom is -0.454 e. The molecule has 6 nitrogen and oxygen atoms in total. The highest BCUT2D eigenvalue weighted by atomic mass is 19.3. The molecule has 28 heavy (non-hydrogen) atoms. The van der Waals surface area contributed by atoms with Crippen molar-refractivity contribution in [1.29, 1.82) is 0 Å². The number of carbonyl (C=O) groups excluding carboxylic acids is 1. The first kappa shape index (κ1) is 19.9. The van der Waals surface area contributed by atoms with E-state index in [0.717, 1.165) is 11.3 Å².